The van der Waals surface area contributed by atoms with Crippen molar-refractivity contribution in [1.29, 1.82) is 5.26 Å². The van der Waals surface area contributed by atoms with Gasteiger partial charge in [0.05, 0.1) is 17.3 Å². The Balaban J connectivity index is 1.86. The van der Waals surface area contributed by atoms with Gasteiger partial charge in [0.1, 0.15) is 0 Å². The summed E-state index contributed by atoms with van der Waals surface area (Å²) < 4.78 is 70.3. The van der Waals surface area contributed by atoms with Gasteiger partial charge in [0.2, 0.25) is 0 Å². The van der Waals surface area contributed by atoms with Crippen LogP contribution in [0.2, 0.25) is 0 Å². The first-order chi connectivity index (χ1) is 20.8. The van der Waals surface area contributed by atoms with Crippen LogP contribution in [0.25, 0.3) is 11.1 Å². The summed E-state index contributed by atoms with van der Waals surface area (Å²) in [5.74, 6) is -1.96. The lowest BCUT2D eigenvalue weighted by atomic mass is 9.71. The molecule has 1 aliphatic rings. The SMILES string of the molecule is C=C1NNCCCC(C)(Cc2cccc(F)c2F)/C(C#N)=C\1C(=C)Nc1ccc(C(F)(F)F)cc1-c1cnc(CC)cc1C. The molecule has 44 heavy (non-hydrogen) atoms. The largest absolute Gasteiger partial charge is 0.416 e. The molecule has 2 heterocycles. The Bertz CT molecular complexity index is 1670. The predicted octanol–water partition coefficient (Wildman–Crippen LogP) is 8.31. The van der Waals surface area contributed by atoms with Crippen molar-refractivity contribution in [3.8, 4) is 17.2 Å². The number of anilines is 1. The third-order valence-corrected chi connectivity index (χ3v) is 7.90. The molecule has 0 aliphatic carbocycles. The van der Waals surface area contributed by atoms with Crippen molar-refractivity contribution in [3.63, 3.8) is 0 Å². The number of halogens is 5. The number of nitriles is 1. The number of alkyl halides is 3. The quantitative estimate of drug-likeness (QED) is 0.236. The van der Waals surface area contributed by atoms with Crippen LogP contribution >= 0.6 is 0 Å². The molecular weight excluding hydrogens is 573 g/mol. The molecular formula is C34H34F5N5. The second-order valence-corrected chi connectivity index (χ2v) is 11.2. The molecule has 2 aromatic carbocycles. The monoisotopic (exact) mass is 607 g/mol. The highest BCUT2D eigenvalue weighted by molar-refractivity contribution is 5.82. The standard InChI is InChI=1S/C34H34F5N5/c1-6-25-15-20(2)27(19-41-25)26-16-24(34(37,38)39)11-12-30(26)43-21(3)31-22(4)44-42-14-8-13-33(5,28(31)18-40)17-23-9-7-10-29(35)32(23)36/h7,9-12,15-16,19,42-44H,3-4,6,8,13-14,17H2,1-2,5H3/b31-28-. The number of aromatic nitrogens is 1. The Labute approximate surface area is 254 Å². The van der Waals surface area contributed by atoms with Crippen LogP contribution in [0.15, 0.2) is 84.4 Å². The molecule has 0 bridgehead atoms. The summed E-state index contributed by atoms with van der Waals surface area (Å²) in [5, 5.41) is 13.7. The van der Waals surface area contributed by atoms with Crippen LogP contribution in [0.3, 0.4) is 0 Å². The van der Waals surface area contributed by atoms with Gasteiger partial charge in [-0.15, -0.1) is 0 Å². The number of allylic oxidation sites excluding steroid dienone is 1. The summed E-state index contributed by atoms with van der Waals surface area (Å²) >= 11 is 0. The van der Waals surface area contributed by atoms with E-state index < -0.39 is 28.8 Å². The minimum Gasteiger partial charge on any atom is -0.355 e. The van der Waals surface area contributed by atoms with Crippen LogP contribution in [0.4, 0.5) is 27.6 Å². The smallest absolute Gasteiger partial charge is 0.355 e. The second-order valence-electron chi connectivity index (χ2n) is 11.2. The van der Waals surface area contributed by atoms with E-state index in [4.69, 9.17) is 0 Å². The van der Waals surface area contributed by atoms with E-state index in [9.17, 15) is 27.2 Å². The van der Waals surface area contributed by atoms with E-state index in [-0.39, 0.29) is 40.1 Å². The molecule has 5 nitrogen and oxygen atoms in total. The highest BCUT2D eigenvalue weighted by Crippen LogP contribution is 2.43. The van der Waals surface area contributed by atoms with E-state index in [0.29, 0.717) is 37.1 Å². The predicted molar refractivity (Wildman–Crippen MR) is 162 cm³/mol. The van der Waals surface area contributed by atoms with Gasteiger partial charge in [0, 0.05) is 57.5 Å². The van der Waals surface area contributed by atoms with Crippen molar-refractivity contribution in [3.05, 3.63) is 118 Å². The number of hydrazine groups is 1. The molecule has 0 saturated carbocycles. The maximum Gasteiger partial charge on any atom is 0.416 e. The van der Waals surface area contributed by atoms with Crippen LogP contribution in [0.1, 0.15) is 49.1 Å². The molecule has 10 heteroatoms. The Morgan fingerprint density at radius 1 is 1.16 bits per heavy atom. The van der Waals surface area contributed by atoms with Crippen molar-refractivity contribution in [1.82, 2.24) is 15.8 Å². The summed E-state index contributed by atoms with van der Waals surface area (Å²) in [6.07, 6.45) is -1.32. The fourth-order valence-corrected chi connectivity index (χ4v) is 5.55. The van der Waals surface area contributed by atoms with Crippen LogP contribution < -0.4 is 16.2 Å². The number of pyridine rings is 1. The summed E-state index contributed by atoms with van der Waals surface area (Å²) in [6, 6.07) is 11.4. The maximum absolute atomic E-state index is 14.8. The Morgan fingerprint density at radius 3 is 2.57 bits per heavy atom. The third kappa shape index (κ3) is 6.84. The highest BCUT2D eigenvalue weighted by atomic mass is 19.4. The van der Waals surface area contributed by atoms with Gasteiger partial charge in [-0.3, -0.25) is 4.98 Å². The van der Waals surface area contributed by atoms with Gasteiger partial charge in [0.15, 0.2) is 11.6 Å². The molecule has 0 fully saturated rings. The number of benzene rings is 2. The third-order valence-electron chi connectivity index (χ3n) is 7.90. The Kier molecular flexibility index (Phi) is 9.59. The lowest BCUT2D eigenvalue weighted by molar-refractivity contribution is -0.137. The minimum atomic E-state index is -4.58. The van der Waals surface area contributed by atoms with Gasteiger partial charge in [-0.2, -0.15) is 18.4 Å². The van der Waals surface area contributed by atoms with E-state index in [1.54, 1.807) is 20.0 Å². The van der Waals surface area contributed by atoms with Crippen LogP contribution in [-0.2, 0) is 19.0 Å². The average Bonchev–Trinajstić information content (AvgIpc) is 3.02. The van der Waals surface area contributed by atoms with Crippen molar-refractivity contribution in [2.45, 2.75) is 52.6 Å². The van der Waals surface area contributed by atoms with E-state index >= 15 is 0 Å². The number of nitrogens with zero attached hydrogens (tertiary/aromatic N) is 2. The van der Waals surface area contributed by atoms with Gasteiger partial charge in [-0.1, -0.05) is 39.1 Å². The number of aryl methyl sites for hydroxylation is 2. The molecule has 0 amide bonds. The summed E-state index contributed by atoms with van der Waals surface area (Å²) in [7, 11) is 0. The summed E-state index contributed by atoms with van der Waals surface area (Å²) in [6.45, 7) is 14.3. The number of hydrogen-bond donors (Lipinski definition) is 3. The molecule has 0 radical (unpaired) electrons. The van der Waals surface area contributed by atoms with Crippen molar-refractivity contribution >= 4 is 5.69 Å². The molecule has 3 N–H and O–H groups in total. The zero-order valence-electron chi connectivity index (χ0n) is 24.9. The van der Waals surface area contributed by atoms with Gasteiger partial charge >= 0.3 is 6.18 Å². The fourth-order valence-electron chi connectivity index (χ4n) is 5.55. The maximum atomic E-state index is 14.8. The molecule has 1 unspecified atom stereocenters. The number of hydrogen-bond acceptors (Lipinski definition) is 5. The Hall–Kier alpha value is -4.49. The Morgan fingerprint density at radius 2 is 1.91 bits per heavy atom. The molecule has 3 aromatic rings. The van der Waals surface area contributed by atoms with Crippen LogP contribution in [-0.4, -0.2) is 11.5 Å². The van der Waals surface area contributed by atoms with Crippen molar-refractivity contribution in [2.75, 3.05) is 11.9 Å². The van der Waals surface area contributed by atoms with Crippen LogP contribution in [0, 0.1) is 35.3 Å². The first kappa shape index (κ1) is 32.4. The molecule has 0 spiro atoms. The summed E-state index contributed by atoms with van der Waals surface area (Å²) in [5.41, 5.74) is 7.90. The second kappa shape index (κ2) is 13.0. The molecule has 1 aromatic heterocycles. The normalized spacial score (nSPS) is 19.3. The zero-order chi connectivity index (χ0) is 32.2. The van der Waals surface area contributed by atoms with Gasteiger partial charge in [-0.05, 0) is 74.1 Å². The highest BCUT2D eigenvalue weighted by Gasteiger charge is 2.36. The number of nitrogens with one attached hydrogen (secondary N) is 3. The minimum absolute atomic E-state index is 0.0176. The molecule has 4 rings (SSSR count). The fraction of sp³-hybridized carbons (Fsp3) is 0.294. The van der Waals surface area contributed by atoms with E-state index in [1.165, 1.54) is 18.2 Å². The molecule has 1 atom stereocenters. The summed E-state index contributed by atoms with van der Waals surface area (Å²) in [4.78, 5) is 4.41. The zero-order valence-corrected chi connectivity index (χ0v) is 24.9. The first-order valence-electron chi connectivity index (χ1n) is 14.2. The van der Waals surface area contributed by atoms with E-state index in [2.05, 4.69) is 40.4 Å². The molecule has 230 valence electrons. The van der Waals surface area contributed by atoms with Crippen molar-refractivity contribution in [2.24, 2.45) is 5.41 Å². The lowest BCUT2D eigenvalue weighted by Crippen LogP contribution is -2.32. The molecule has 0 saturated heterocycles. The first-order valence-corrected chi connectivity index (χ1v) is 14.2. The number of rotatable bonds is 7. The lowest BCUT2D eigenvalue weighted by Gasteiger charge is -2.32. The van der Waals surface area contributed by atoms with Gasteiger partial charge < -0.3 is 10.7 Å². The van der Waals surface area contributed by atoms with Crippen molar-refractivity contribution < 1.29 is 22.0 Å². The van der Waals surface area contributed by atoms with Crippen LogP contribution in [0.5, 0.6) is 0 Å². The van der Waals surface area contributed by atoms with E-state index in [1.807, 2.05) is 13.0 Å². The van der Waals surface area contributed by atoms with Gasteiger partial charge in [0.25, 0.3) is 0 Å². The topological polar surface area (TPSA) is 72.8 Å². The van der Waals surface area contributed by atoms with E-state index in [0.717, 1.165) is 29.5 Å². The van der Waals surface area contributed by atoms with Gasteiger partial charge in [-0.25, -0.2) is 14.2 Å². The average molecular weight is 608 g/mol. The molecule has 1 aliphatic heterocycles.